The third-order valence-electron chi connectivity index (χ3n) is 7.08. The molecule has 3 atom stereocenters. The van der Waals surface area contributed by atoms with Crippen LogP contribution in [-0.2, 0) is 10.5 Å². The Kier molecular flexibility index (Phi) is 5.63. The molecule has 1 amide bonds. The molecule has 3 unspecified atom stereocenters. The molecule has 3 heterocycles. The lowest BCUT2D eigenvalue weighted by molar-refractivity contribution is -0.168. The Morgan fingerprint density at radius 1 is 1.15 bits per heavy atom. The third kappa shape index (κ3) is 3.52. The van der Waals surface area contributed by atoms with Crippen molar-refractivity contribution in [3.8, 4) is 0 Å². The molecule has 0 bridgehead atoms. The molecular weight excluding hydrogens is 441 g/mol. The molecule has 8 heteroatoms. The molecule has 2 aromatic carbocycles. The number of benzene rings is 2. The predicted octanol–water partition coefficient (Wildman–Crippen LogP) is 3.84. The highest BCUT2D eigenvalue weighted by Crippen LogP contribution is 2.46. The summed E-state index contributed by atoms with van der Waals surface area (Å²) in [7, 11) is 0. The van der Waals surface area contributed by atoms with Crippen LogP contribution in [0.1, 0.15) is 36.6 Å². The van der Waals surface area contributed by atoms with E-state index >= 15 is 0 Å². The van der Waals surface area contributed by atoms with Crippen molar-refractivity contribution in [2.24, 2.45) is 5.92 Å². The molecule has 3 aliphatic rings. The second-order valence-corrected chi connectivity index (χ2v) is 10.1. The summed E-state index contributed by atoms with van der Waals surface area (Å²) in [6.45, 7) is 3.16. The predicted molar refractivity (Wildman–Crippen MR) is 125 cm³/mol. The number of hydrogen-bond donors (Lipinski definition) is 2. The number of rotatable bonds is 3. The van der Waals surface area contributed by atoms with E-state index in [0.717, 1.165) is 21.8 Å². The van der Waals surface area contributed by atoms with Crippen molar-refractivity contribution < 1.29 is 19.4 Å². The Morgan fingerprint density at radius 2 is 1.85 bits per heavy atom. The van der Waals surface area contributed by atoms with Gasteiger partial charge in [-0.25, -0.2) is 4.39 Å². The Bertz CT molecular complexity index is 1070. The van der Waals surface area contributed by atoms with Gasteiger partial charge in [-0.15, -0.1) is 11.8 Å². The van der Waals surface area contributed by atoms with E-state index in [1.54, 1.807) is 11.8 Å². The van der Waals surface area contributed by atoms with E-state index in [9.17, 15) is 19.4 Å². The molecule has 0 aromatic heterocycles. The van der Waals surface area contributed by atoms with Crippen molar-refractivity contribution in [2.75, 3.05) is 26.4 Å². The first kappa shape index (κ1) is 22.3. The quantitative estimate of drug-likeness (QED) is 0.712. The zero-order valence-corrected chi connectivity index (χ0v) is 19.6. The van der Waals surface area contributed by atoms with Crippen molar-refractivity contribution >= 4 is 17.7 Å². The van der Waals surface area contributed by atoms with Gasteiger partial charge in [0.1, 0.15) is 12.3 Å². The number of thioether (sulfide) groups is 1. The second-order valence-electron chi connectivity index (χ2n) is 9.09. The van der Waals surface area contributed by atoms with Crippen molar-refractivity contribution in [3.63, 3.8) is 0 Å². The fraction of sp³-hybridized carbons (Fsp3) is 0.400. The normalized spacial score (nSPS) is 27.7. The van der Waals surface area contributed by atoms with Crippen LogP contribution in [0.3, 0.4) is 0 Å². The lowest BCUT2D eigenvalue weighted by Crippen LogP contribution is -2.64. The molecule has 33 heavy (non-hydrogen) atoms. The molecule has 174 valence electrons. The summed E-state index contributed by atoms with van der Waals surface area (Å²) in [5.74, 6) is -0.318. The molecule has 1 fully saturated rings. The van der Waals surface area contributed by atoms with Gasteiger partial charge in [0.25, 0.3) is 5.91 Å². The standard InChI is InChI=1S/C25H28FN3O3S/c1-16-13-28-22(23(30)25(16,2)32)24(31)27(12-11-26)15-29(28)21-18-8-4-3-7-17(18)14-33-20-10-6-5-9-19(20)21/h3-10,16,21,30,32H,11-15H2,1-2H3. The largest absolute Gasteiger partial charge is 0.507 e. The fourth-order valence-electron chi connectivity index (χ4n) is 4.94. The zero-order valence-electron chi connectivity index (χ0n) is 18.7. The van der Waals surface area contributed by atoms with Crippen molar-refractivity contribution in [1.29, 1.82) is 0 Å². The smallest absolute Gasteiger partial charge is 0.276 e. The van der Waals surface area contributed by atoms with Crippen molar-refractivity contribution in [3.05, 3.63) is 76.7 Å². The molecule has 6 nitrogen and oxygen atoms in total. The van der Waals surface area contributed by atoms with E-state index in [2.05, 4.69) is 29.3 Å². The number of nitrogens with zero attached hydrogens (tertiary/aromatic N) is 3. The zero-order chi connectivity index (χ0) is 23.3. The maximum Gasteiger partial charge on any atom is 0.276 e. The van der Waals surface area contributed by atoms with Gasteiger partial charge in [0.2, 0.25) is 0 Å². The van der Waals surface area contributed by atoms with Gasteiger partial charge in [0.15, 0.2) is 11.5 Å². The van der Waals surface area contributed by atoms with Crippen molar-refractivity contribution in [2.45, 2.75) is 36.1 Å². The Labute approximate surface area is 197 Å². The number of halogens is 1. The molecular formula is C25H28FN3O3S. The van der Waals surface area contributed by atoms with Crippen LogP contribution in [0.15, 0.2) is 64.9 Å². The highest BCUT2D eigenvalue weighted by Gasteiger charge is 2.50. The van der Waals surface area contributed by atoms with Gasteiger partial charge in [0, 0.05) is 23.1 Å². The van der Waals surface area contributed by atoms with Crippen LogP contribution in [-0.4, -0.2) is 63.1 Å². The van der Waals surface area contributed by atoms with Crippen LogP contribution in [0, 0.1) is 5.92 Å². The van der Waals surface area contributed by atoms with Gasteiger partial charge in [-0.05, 0) is 29.7 Å². The molecule has 0 aliphatic carbocycles. The maximum absolute atomic E-state index is 13.4. The van der Waals surface area contributed by atoms with Gasteiger partial charge < -0.3 is 15.1 Å². The van der Waals surface area contributed by atoms with E-state index in [1.165, 1.54) is 17.4 Å². The Hall–Kier alpha value is -2.55. The van der Waals surface area contributed by atoms with Crippen LogP contribution in [0.2, 0.25) is 0 Å². The average molecular weight is 470 g/mol. The second kappa shape index (κ2) is 8.34. The summed E-state index contributed by atoms with van der Waals surface area (Å²) in [5, 5.41) is 25.8. The number of amides is 1. The fourth-order valence-corrected chi connectivity index (χ4v) is 6.04. The number of aliphatic hydroxyl groups excluding tert-OH is 1. The lowest BCUT2D eigenvalue weighted by atomic mass is 9.84. The minimum Gasteiger partial charge on any atom is -0.507 e. The summed E-state index contributed by atoms with van der Waals surface area (Å²) in [4.78, 5) is 15.9. The number of fused-ring (bicyclic) bond motifs is 3. The van der Waals surface area contributed by atoms with E-state index in [0.29, 0.717) is 6.54 Å². The van der Waals surface area contributed by atoms with Gasteiger partial charge in [-0.1, -0.05) is 49.4 Å². The minimum absolute atomic E-state index is 0.0321. The van der Waals surface area contributed by atoms with Crippen LogP contribution in [0.4, 0.5) is 4.39 Å². The molecule has 1 saturated heterocycles. The van der Waals surface area contributed by atoms with Crippen LogP contribution >= 0.6 is 11.8 Å². The summed E-state index contributed by atoms with van der Waals surface area (Å²) in [6.07, 6.45) is 0. The number of aliphatic hydroxyl groups is 2. The molecule has 5 rings (SSSR count). The number of hydrogen-bond acceptors (Lipinski definition) is 6. The number of carbonyl (C=O) groups excluding carboxylic acids is 1. The van der Waals surface area contributed by atoms with Crippen LogP contribution in [0.5, 0.6) is 0 Å². The molecule has 2 aromatic rings. The molecule has 2 N–H and O–H groups in total. The van der Waals surface area contributed by atoms with E-state index in [1.807, 2.05) is 36.2 Å². The van der Waals surface area contributed by atoms with E-state index < -0.39 is 18.2 Å². The number of alkyl halides is 1. The summed E-state index contributed by atoms with van der Waals surface area (Å²) < 4.78 is 13.4. The van der Waals surface area contributed by atoms with Gasteiger partial charge in [0.05, 0.1) is 19.3 Å². The molecule has 0 saturated carbocycles. The summed E-state index contributed by atoms with van der Waals surface area (Å²) >= 11 is 1.77. The van der Waals surface area contributed by atoms with E-state index in [-0.39, 0.29) is 36.6 Å². The van der Waals surface area contributed by atoms with Gasteiger partial charge in [-0.2, -0.15) is 5.01 Å². The van der Waals surface area contributed by atoms with Gasteiger partial charge in [-0.3, -0.25) is 9.80 Å². The first-order chi connectivity index (χ1) is 15.8. The molecule has 0 spiro atoms. The van der Waals surface area contributed by atoms with Gasteiger partial charge >= 0.3 is 0 Å². The maximum atomic E-state index is 13.4. The summed E-state index contributed by atoms with van der Waals surface area (Å²) in [6, 6.07) is 16.2. The SMILES string of the molecule is CC1CN2C(=C(O)C1(C)O)C(=O)N(CCF)CN2C1c2ccccc2CSc2ccccc21. The van der Waals surface area contributed by atoms with Crippen LogP contribution < -0.4 is 0 Å². The molecule has 3 aliphatic heterocycles. The summed E-state index contributed by atoms with van der Waals surface area (Å²) in [5.41, 5.74) is 1.91. The van der Waals surface area contributed by atoms with Crippen LogP contribution in [0.25, 0.3) is 0 Å². The Balaban J connectivity index is 1.72. The Morgan fingerprint density at radius 3 is 2.61 bits per heavy atom. The molecule has 0 radical (unpaired) electrons. The topological polar surface area (TPSA) is 67.2 Å². The average Bonchev–Trinajstić information content (AvgIpc) is 2.97. The third-order valence-corrected chi connectivity index (χ3v) is 8.22. The minimum atomic E-state index is -1.54. The number of hydrazine groups is 1. The highest BCUT2D eigenvalue weighted by molar-refractivity contribution is 7.98. The van der Waals surface area contributed by atoms with Crippen molar-refractivity contribution in [1.82, 2.24) is 14.9 Å². The first-order valence-electron chi connectivity index (χ1n) is 11.2. The van der Waals surface area contributed by atoms with E-state index in [4.69, 9.17) is 0 Å². The number of carbonyl (C=O) groups is 1. The lowest BCUT2D eigenvalue weighted by Gasteiger charge is -2.53. The monoisotopic (exact) mass is 469 g/mol. The highest BCUT2D eigenvalue weighted by atomic mass is 32.2. The first-order valence-corrected chi connectivity index (χ1v) is 12.2.